The van der Waals surface area contributed by atoms with Gasteiger partial charge in [0.2, 0.25) is 0 Å². The van der Waals surface area contributed by atoms with Crippen LogP contribution in [0.25, 0.3) is 0 Å². The number of benzene rings is 1. The van der Waals surface area contributed by atoms with Gasteiger partial charge in [0.05, 0.1) is 4.47 Å². The second-order valence-electron chi connectivity index (χ2n) is 4.89. The molecule has 0 radical (unpaired) electrons. The second-order valence-corrected chi connectivity index (χ2v) is 5.68. The predicted molar refractivity (Wildman–Crippen MR) is 72.8 cm³/mol. The number of likely N-dealkylation sites (tertiary alicyclic amines) is 1. The van der Waals surface area contributed by atoms with E-state index in [9.17, 15) is 9.18 Å². The van der Waals surface area contributed by atoms with Crippen LogP contribution in [0.2, 0.25) is 0 Å². The van der Waals surface area contributed by atoms with Gasteiger partial charge in [-0.15, -0.1) is 0 Å². The van der Waals surface area contributed by atoms with Crippen LogP contribution in [0.5, 0.6) is 0 Å². The fraction of sp³-hybridized carbons (Fsp3) is 0.500. The molecule has 0 amide bonds. The van der Waals surface area contributed by atoms with Crippen LogP contribution in [0, 0.1) is 5.82 Å². The summed E-state index contributed by atoms with van der Waals surface area (Å²) in [7, 11) is 0. The number of carbonyl (C=O) groups is 1. The van der Waals surface area contributed by atoms with Gasteiger partial charge >= 0.3 is 0 Å². The molecule has 1 fully saturated rings. The van der Waals surface area contributed by atoms with Gasteiger partial charge in [0.1, 0.15) is 11.6 Å². The highest BCUT2D eigenvalue weighted by molar-refractivity contribution is 9.10. The third-order valence-corrected chi connectivity index (χ3v) is 4.32. The van der Waals surface area contributed by atoms with Crippen molar-refractivity contribution in [2.45, 2.75) is 38.8 Å². The number of rotatable bonds is 4. The highest BCUT2D eigenvalue weighted by Gasteiger charge is 2.26. The van der Waals surface area contributed by atoms with Crippen molar-refractivity contribution in [3.05, 3.63) is 34.1 Å². The van der Waals surface area contributed by atoms with Crippen LogP contribution in [0.15, 0.2) is 22.7 Å². The molecule has 1 atom stereocenters. The minimum absolute atomic E-state index is 0.227. The molecule has 1 aliphatic heterocycles. The zero-order valence-corrected chi connectivity index (χ0v) is 12.0. The third-order valence-electron chi connectivity index (χ3n) is 3.43. The molecule has 1 aromatic carbocycles. The lowest BCUT2D eigenvalue weighted by Gasteiger charge is -2.24. The number of hydrogen-bond donors (Lipinski definition) is 0. The normalized spacial score (nSPS) is 20.3. The van der Waals surface area contributed by atoms with Gasteiger partial charge in [-0.2, -0.15) is 0 Å². The number of nitrogens with zero attached hydrogens (tertiary/aromatic N) is 1. The molecule has 1 aliphatic rings. The molecule has 1 saturated heterocycles. The van der Waals surface area contributed by atoms with Crippen LogP contribution in [-0.2, 0) is 11.3 Å². The van der Waals surface area contributed by atoms with Crippen LogP contribution in [-0.4, -0.2) is 23.3 Å². The number of carbonyl (C=O) groups excluding carboxylic acids is 1. The molecule has 1 aromatic rings. The Labute approximate surface area is 115 Å². The molecule has 98 valence electrons. The Bertz CT molecular complexity index is 449. The summed E-state index contributed by atoms with van der Waals surface area (Å²) in [4.78, 5) is 13.5. The predicted octanol–water partition coefficient (Wildman–Crippen LogP) is 3.53. The van der Waals surface area contributed by atoms with Crippen LogP contribution in [0.3, 0.4) is 0 Å². The summed E-state index contributed by atoms with van der Waals surface area (Å²) in [5.74, 6) is 0.0000211. The molecule has 1 unspecified atom stereocenters. The molecule has 2 rings (SSSR count). The molecule has 18 heavy (non-hydrogen) atoms. The molecule has 0 bridgehead atoms. The van der Waals surface area contributed by atoms with Crippen LogP contribution < -0.4 is 0 Å². The van der Waals surface area contributed by atoms with Crippen molar-refractivity contribution in [1.82, 2.24) is 4.90 Å². The van der Waals surface area contributed by atoms with Gasteiger partial charge in [0.15, 0.2) is 0 Å². The summed E-state index contributed by atoms with van der Waals surface area (Å²) in [6, 6.07) is 5.42. The molecule has 0 saturated carbocycles. The lowest BCUT2D eigenvalue weighted by Crippen LogP contribution is -2.30. The number of ketones is 1. The quantitative estimate of drug-likeness (QED) is 0.847. The molecule has 0 N–H and O–H groups in total. The Morgan fingerprint density at radius 3 is 3.06 bits per heavy atom. The smallest absolute Gasteiger partial charge is 0.137 e. The highest BCUT2D eigenvalue weighted by atomic mass is 79.9. The highest BCUT2D eigenvalue weighted by Crippen LogP contribution is 2.27. The van der Waals surface area contributed by atoms with E-state index < -0.39 is 0 Å². The first-order valence-corrected chi connectivity index (χ1v) is 7.03. The van der Waals surface area contributed by atoms with Gasteiger partial charge < -0.3 is 0 Å². The molecule has 0 aromatic heterocycles. The van der Waals surface area contributed by atoms with Crippen LogP contribution in [0.4, 0.5) is 4.39 Å². The first kappa shape index (κ1) is 13.7. The summed E-state index contributed by atoms with van der Waals surface area (Å²) < 4.78 is 14.0. The summed E-state index contributed by atoms with van der Waals surface area (Å²) in [5, 5.41) is 0. The van der Waals surface area contributed by atoms with Gasteiger partial charge in [0, 0.05) is 19.0 Å². The van der Waals surface area contributed by atoms with Crippen LogP contribution in [0.1, 0.15) is 31.7 Å². The molecular formula is C14H17BrFNO. The monoisotopic (exact) mass is 313 g/mol. The zero-order chi connectivity index (χ0) is 13.1. The molecule has 4 heteroatoms. The van der Waals surface area contributed by atoms with E-state index in [4.69, 9.17) is 0 Å². The summed E-state index contributed by atoms with van der Waals surface area (Å²) in [6.45, 7) is 3.33. The maximum absolute atomic E-state index is 13.4. The van der Waals surface area contributed by atoms with Crippen LogP contribution >= 0.6 is 15.9 Å². The van der Waals surface area contributed by atoms with Crippen molar-refractivity contribution in [1.29, 1.82) is 0 Å². The molecule has 0 aliphatic carbocycles. The van der Waals surface area contributed by atoms with Gasteiger partial charge in [-0.1, -0.05) is 12.1 Å². The average Bonchev–Trinajstić information content (AvgIpc) is 2.72. The Hall–Kier alpha value is -0.740. The van der Waals surface area contributed by atoms with Crippen molar-refractivity contribution in [2.75, 3.05) is 6.54 Å². The number of hydrogen-bond acceptors (Lipinski definition) is 2. The first-order chi connectivity index (χ1) is 8.58. The summed E-state index contributed by atoms with van der Waals surface area (Å²) >= 11 is 3.29. The lowest BCUT2D eigenvalue weighted by atomic mass is 10.1. The molecule has 2 nitrogen and oxygen atoms in total. The Morgan fingerprint density at radius 2 is 2.33 bits per heavy atom. The zero-order valence-electron chi connectivity index (χ0n) is 10.5. The maximum atomic E-state index is 13.4. The van der Waals surface area contributed by atoms with E-state index in [0.717, 1.165) is 24.9 Å². The van der Waals surface area contributed by atoms with Crippen molar-refractivity contribution < 1.29 is 9.18 Å². The Morgan fingerprint density at radius 1 is 1.56 bits per heavy atom. The molecule has 1 heterocycles. The SMILES string of the molecule is CC(=O)CC1CCCN1Cc1cccc(F)c1Br. The standard InChI is InChI=1S/C14H17BrFNO/c1-10(18)8-12-5-3-7-17(12)9-11-4-2-6-13(16)14(11)15/h2,4,6,12H,3,5,7-9H2,1H3. The summed E-state index contributed by atoms with van der Waals surface area (Å²) in [6.07, 6.45) is 2.78. The Balaban J connectivity index is 2.08. The van der Waals surface area contributed by atoms with E-state index >= 15 is 0 Å². The van der Waals surface area contributed by atoms with E-state index in [0.29, 0.717) is 23.5 Å². The van der Waals surface area contributed by atoms with E-state index in [2.05, 4.69) is 20.8 Å². The van der Waals surface area contributed by atoms with Gasteiger partial charge in [-0.3, -0.25) is 9.69 Å². The lowest BCUT2D eigenvalue weighted by molar-refractivity contribution is -0.118. The largest absolute Gasteiger partial charge is 0.300 e. The third kappa shape index (κ3) is 3.18. The van der Waals surface area contributed by atoms with Crippen molar-refractivity contribution in [3.63, 3.8) is 0 Å². The Kier molecular flexibility index (Phi) is 4.51. The fourth-order valence-corrected chi connectivity index (χ4v) is 2.95. The maximum Gasteiger partial charge on any atom is 0.137 e. The van der Waals surface area contributed by atoms with Crippen molar-refractivity contribution in [2.24, 2.45) is 0 Å². The molecular weight excluding hydrogens is 297 g/mol. The van der Waals surface area contributed by atoms with E-state index in [-0.39, 0.29) is 11.6 Å². The number of Topliss-reactive ketones (excluding diaryl/α,β-unsaturated/α-hetero) is 1. The first-order valence-electron chi connectivity index (χ1n) is 6.24. The van der Waals surface area contributed by atoms with E-state index in [1.54, 1.807) is 13.0 Å². The second kappa shape index (κ2) is 5.93. The fourth-order valence-electron chi connectivity index (χ4n) is 2.56. The minimum atomic E-state index is -0.227. The topological polar surface area (TPSA) is 20.3 Å². The summed E-state index contributed by atoms with van der Waals surface area (Å²) in [5.41, 5.74) is 0.949. The van der Waals surface area contributed by atoms with E-state index in [1.165, 1.54) is 6.07 Å². The van der Waals surface area contributed by atoms with E-state index in [1.807, 2.05) is 6.07 Å². The average molecular weight is 314 g/mol. The van der Waals surface area contributed by atoms with Gasteiger partial charge in [-0.25, -0.2) is 4.39 Å². The molecule has 0 spiro atoms. The number of halogens is 2. The van der Waals surface area contributed by atoms with Crippen molar-refractivity contribution in [3.8, 4) is 0 Å². The van der Waals surface area contributed by atoms with Gasteiger partial charge in [0.25, 0.3) is 0 Å². The van der Waals surface area contributed by atoms with Crippen molar-refractivity contribution >= 4 is 21.7 Å². The minimum Gasteiger partial charge on any atom is -0.300 e. The van der Waals surface area contributed by atoms with Gasteiger partial charge in [-0.05, 0) is 53.9 Å².